The summed E-state index contributed by atoms with van der Waals surface area (Å²) in [7, 11) is 0. The van der Waals surface area contributed by atoms with E-state index in [-0.39, 0.29) is 0 Å². The van der Waals surface area contributed by atoms with Crippen molar-refractivity contribution in [3.63, 3.8) is 0 Å². The molecular formula is C17H18O. The van der Waals surface area contributed by atoms with Crippen LogP contribution >= 0.6 is 0 Å². The normalized spacial score (nSPS) is 13.8. The van der Waals surface area contributed by atoms with Crippen LogP contribution in [0.5, 0.6) is 0 Å². The van der Waals surface area contributed by atoms with Crippen molar-refractivity contribution >= 4 is 0 Å². The van der Waals surface area contributed by atoms with Gasteiger partial charge in [-0.05, 0) is 17.5 Å². The first-order valence-electron chi connectivity index (χ1n) is 6.17. The SMILES string of the molecule is C=CCC(O)(Cc1ccccc1)c1ccccc1. The van der Waals surface area contributed by atoms with Crippen molar-refractivity contribution in [2.24, 2.45) is 0 Å². The molecule has 0 heterocycles. The second-order valence-corrected chi connectivity index (χ2v) is 4.55. The van der Waals surface area contributed by atoms with Crippen LogP contribution in [-0.4, -0.2) is 5.11 Å². The van der Waals surface area contributed by atoms with Crippen LogP contribution in [0.15, 0.2) is 73.3 Å². The van der Waals surface area contributed by atoms with Gasteiger partial charge in [0, 0.05) is 6.42 Å². The maximum atomic E-state index is 10.9. The molecule has 0 fully saturated rings. The van der Waals surface area contributed by atoms with E-state index in [1.165, 1.54) is 0 Å². The molecule has 0 saturated carbocycles. The maximum Gasteiger partial charge on any atom is 0.0970 e. The third kappa shape index (κ3) is 2.88. The molecule has 0 saturated heterocycles. The molecule has 18 heavy (non-hydrogen) atoms. The zero-order chi connectivity index (χ0) is 12.8. The summed E-state index contributed by atoms with van der Waals surface area (Å²) in [6, 6.07) is 19.8. The Balaban J connectivity index is 2.30. The Morgan fingerprint density at radius 2 is 1.50 bits per heavy atom. The molecule has 1 nitrogen and oxygen atoms in total. The van der Waals surface area contributed by atoms with Crippen molar-refractivity contribution in [1.82, 2.24) is 0 Å². The van der Waals surface area contributed by atoms with Crippen LogP contribution in [0.3, 0.4) is 0 Å². The molecule has 0 aliphatic carbocycles. The maximum absolute atomic E-state index is 10.9. The zero-order valence-electron chi connectivity index (χ0n) is 10.4. The average Bonchev–Trinajstić information content (AvgIpc) is 2.41. The Morgan fingerprint density at radius 3 is 2.06 bits per heavy atom. The van der Waals surface area contributed by atoms with E-state index in [0.29, 0.717) is 12.8 Å². The second-order valence-electron chi connectivity index (χ2n) is 4.55. The van der Waals surface area contributed by atoms with Crippen LogP contribution in [0.2, 0.25) is 0 Å². The Hall–Kier alpha value is -1.86. The first-order valence-corrected chi connectivity index (χ1v) is 6.17. The molecule has 2 aromatic rings. The lowest BCUT2D eigenvalue weighted by atomic mass is 9.84. The number of rotatable bonds is 5. The molecule has 1 unspecified atom stereocenters. The fraction of sp³-hybridized carbons (Fsp3) is 0.176. The lowest BCUT2D eigenvalue weighted by Gasteiger charge is -2.27. The van der Waals surface area contributed by atoms with Gasteiger partial charge < -0.3 is 5.11 Å². The van der Waals surface area contributed by atoms with Gasteiger partial charge in [-0.25, -0.2) is 0 Å². The van der Waals surface area contributed by atoms with Crippen molar-refractivity contribution < 1.29 is 5.11 Å². The first-order chi connectivity index (χ1) is 8.74. The minimum absolute atomic E-state index is 0.548. The van der Waals surface area contributed by atoms with Crippen LogP contribution in [0.1, 0.15) is 17.5 Å². The summed E-state index contributed by atoms with van der Waals surface area (Å²) in [6.07, 6.45) is 2.92. The van der Waals surface area contributed by atoms with E-state index in [2.05, 4.69) is 6.58 Å². The van der Waals surface area contributed by atoms with Crippen molar-refractivity contribution in [3.05, 3.63) is 84.4 Å². The van der Waals surface area contributed by atoms with Gasteiger partial charge in [-0.15, -0.1) is 6.58 Å². The predicted octanol–water partition coefficient (Wildman–Crippen LogP) is 3.69. The highest BCUT2D eigenvalue weighted by Gasteiger charge is 2.27. The molecule has 0 aromatic heterocycles. The standard InChI is InChI=1S/C17H18O/c1-2-13-17(18,16-11-7-4-8-12-16)14-15-9-5-3-6-10-15/h2-12,18H,1,13-14H2. The highest BCUT2D eigenvalue weighted by molar-refractivity contribution is 5.27. The predicted molar refractivity (Wildman–Crippen MR) is 75.3 cm³/mol. The topological polar surface area (TPSA) is 20.2 Å². The molecule has 0 bridgehead atoms. The van der Waals surface area contributed by atoms with Crippen LogP contribution in [0.25, 0.3) is 0 Å². The molecule has 0 amide bonds. The van der Waals surface area contributed by atoms with E-state index >= 15 is 0 Å². The number of aliphatic hydroxyl groups is 1. The van der Waals surface area contributed by atoms with Gasteiger partial charge in [-0.2, -0.15) is 0 Å². The van der Waals surface area contributed by atoms with E-state index in [9.17, 15) is 5.11 Å². The van der Waals surface area contributed by atoms with E-state index in [0.717, 1.165) is 11.1 Å². The lowest BCUT2D eigenvalue weighted by molar-refractivity contribution is 0.0400. The summed E-state index contributed by atoms with van der Waals surface area (Å²) in [6.45, 7) is 3.75. The molecular weight excluding hydrogens is 220 g/mol. The molecule has 2 rings (SSSR count). The molecule has 0 aliphatic rings. The minimum atomic E-state index is -0.871. The number of benzene rings is 2. The molecule has 0 spiro atoms. The highest BCUT2D eigenvalue weighted by Crippen LogP contribution is 2.29. The van der Waals surface area contributed by atoms with E-state index in [1.807, 2.05) is 60.7 Å². The van der Waals surface area contributed by atoms with Crippen LogP contribution in [0, 0.1) is 0 Å². The fourth-order valence-corrected chi connectivity index (χ4v) is 2.21. The molecule has 0 aliphatic heterocycles. The molecule has 0 radical (unpaired) electrons. The van der Waals surface area contributed by atoms with Gasteiger partial charge in [0.2, 0.25) is 0 Å². The summed E-state index contributed by atoms with van der Waals surface area (Å²) in [5.74, 6) is 0. The Labute approximate surface area is 108 Å². The van der Waals surface area contributed by atoms with Crippen LogP contribution in [0.4, 0.5) is 0 Å². The summed E-state index contributed by atoms with van der Waals surface area (Å²) in [4.78, 5) is 0. The number of hydrogen-bond donors (Lipinski definition) is 1. The van der Waals surface area contributed by atoms with Gasteiger partial charge >= 0.3 is 0 Å². The fourth-order valence-electron chi connectivity index (χ4n) is 2.21. The smallest absolute Gasteiger partial charge is 0.0970 e. The summed E-state index contributed by atoms with van der Waals surface area (Å²) in [5, 5.41) is 10.9. The summed E-state index contributed by atoms with van der Waals surface area (Å²) in [5.41, 5.74) is 1.20. The van der Waals surface area contributed by atoms with E-state index < -0.39 is 5.60 Å². The molecule has 1 atom stereocenters. The Morgan fingerprint density at radius 1 is 0.944 bits per heavy atom. The van der Waals surface area contributed by atoms with Gasteiger partial charge in [0.25, 0.3) is 0 Å². The quantitative estimate of drug-likeness (QED) is 0.788. The lowest BCUT2D eigenvalue weighted by Crippen LogP contribution is -2.27. The van der Waals surface area contributed by atoms with Crippen molar-refractivity contribution in [1.29, 1.82) is 0 Å². The van der Waals surface area contributed by atoms with Crippen LogP contribution < -0.4 is 0 Å². The average molecular weight is 238 g/mol. The largest absolute Gasteiger partial charge is 0.384 e. The van der Waals surface area contributed by atoms with E-state index in [4.69, 9.17) is 0 Å². The van der Waals surface area contributed by atoms with E-state index in [1.54, 1.807) is 6.08 Å². The van der Waals surface area contributed by atoms with Gasteiger partial charge in [0.15, 0.2) is 0 Å². The van der Waals surface area contributed by atoms with Crippen molar-refractivity contribution in [2.45, 2.75) is 18.4 Å². The Kier molecular flexibility index (Phi) is 3.96. The second kappa shape index (κ2) is 5.65. The molecule has 2 aromatic carbocycles. The van der Waals surface area contributed by atoms with Crippen LogP contribution in [-0.2, 0) is 12.0 Å². The third-order valence-electron chi connectivity index (χ3n) is 3.13. The first kappa shape index (κ1) is 12.6. The summed E-state index contributed by atoms with van der Waals surface area (Å²) < 4.78 is 0. The third-order valence-corrected chi connectivity index (χ3v) is 3.13. The Bertz CT molecular complexity index is 490. The highest BCUT2D eigenvalue weighted by atomic mass is 16.3. The molecule has 1 heteroatoms. The van der Waals surface area contributed by atoms with Gasteiger partial charge in [0.05, 0.1) is 5.60 Å². The van der Waals surface area contributed by atoms with Gasteiger partial charge in [-0.3, -0.25) is 0 Å². The van der Waals surface area contributed by atoms with Crippen molar-refractivity contribution in [2.75, 3.05) is 0 Å². The number of hydrogen-bond acceptors (Lipinski definition) is 1. The molecule has 1 N–H and O–H groups in total. The molecule has 92 valence electrons. The minimum Gasteiger partial charge on any atom is -0.384 e. The van der Waals surface area contributed by atoms with Gasteiger partial charge in [0.1, 0.15) is 0 Å². The monoisotopic (exact) mass is 238 g/mol. The zero-order valence-corrected chi connectivity index (χ0v) is 10.4. The van der Waals surface area contributed by atoms with Crippen molar-refractivity contribution in [3.8, 4) is 0 Å². The van der Waals surface area contributed by atoms with Gasteiger partial charge in [-0.1, -0.05) is 66.7 Å². The summed E-state index contributed by atoms with van der Waals surface area (Å²) >= 11 is 0.